The lowest BCUT2D eigenvalue weighted by molar-refractivity contribution is 0.0775. The van der Waals surface area contributed by atoms with Crippen molar-refractivity contribution >= 4 is 5.91 Å². The van der Waals surface area contributed by atoms with Gasteiger partial charge in [0.15, 0.2) is 0 Å². The van der Waals surface area contributed by atoms with E-state index < -0.39 is 0 Å². The summed E-state index contributed by atoms with van der Waals surface area (Å²) in [5, 5.41) is 3.44. The number of benzene rings is 1. The first-order chi connectivity index (χ1) is 9.10. The number of likely N-dealkylation sites (tertiary alicyclic amines) is 1. The molecule has 1 aromatic rings. The topological polar surface area (TPSA) is 32.3 Å². The third-order valence-electron chi connectivity index (χ3n) is 4.67. The number of aryl methyl sites for hydroxylation is 2. The van der Waals surface area contributed by atoms with Crippen LogP contribution in [0, 0.1) is 19.3 Å². The van der Waals surface area contributed by atoms with E-state index in [-0.39, 0.29) is 5.91 Å². The molecular formula is C16H22N2O. The summed E-state index contributed by atoms with van der Waals surface area (Å²) >= 11 is 0. The summed E-state index contributed by atoms with van der Waals surface area (Å²) in [6, 6.07) is 6.10. The Morgan fingerprint density at radius 1 is 1.32 bits per heavy atom. The lowest BCUT2D eigenvalue weighted by atomic mass is 9.86. The van der Waals surface area contributed by atoms with Gasteiger partial charge in [-0.05, 0) is 44.9 Å². The zero-order chi connectivity index (χ0) is 13.5. The molecule has 1 N–H and O–H groups in total. The van der Waals surface area contributed by atoms with Crippen molar-refractivity contribution in [2.45, 2.75) is 26.7 Å². The third-order valence-corrected chi connectivity index (χ3v) is 4.67. The van der Waals surface area contributed by atoms with E-state index >= 15 is 0 Å². The molecule has 3 nitrogen and oxygen atoms in total. The molecule has 1 aromatic carbocycles. The number of carbonyl (C=O) groups is 1. The molecule has 0 bridgehead atoms. The Morgan fingerprint density at radius 2 is 2.16 bits per heavy atom. The molecule has 3 rings (SSSR count). The lowest BCUT2D eigenvalue weighted by Gasteiger charge is -2.23. The van der Waals surface area contributed by atoms with Crippen molar-refractivity contribution in [1.29, 1.82) is 0 Å². The Balaban J connectivity index is 1.78. The van der Waals surface area contributed by atoms with E-state index in [2.05, 4.69) is 18.3 Å². The van der Waals surface area contributed by atoms with Crippen LogP contribution in [-0.4, -0.2) is 37.0 Å². The summed E-state index contributed by atoms with van der Waals surface area (Å²) in [6.45, 7) is 8.11. The molecule has 1 unspecified atom stereocenters. The predicted octanol–water partition coefficient (Wildman–Crippen LogP) is 2.13. The van der Waals surface area contributed by atoms with E-state index in [1.165, 1.54) is 12.0 Å². The second-order valence-electron chi connectivity index (χ2n) is 6.22. The van der Waals surface area contributed by atoms with E-state index in [9.17, 15) is 4.79 Å². The SMILES string of the molecule is Cc1ccc(C(=O)N2CCC3(CCNC3)C2)c(C)c1. The normalized spacial score (nSPS) is 26.3. The van der Waals surface area contributed by atoms with Crippen molar-refractivity contribution in [3.8, 4) is 0 Å². The number of nitrogens with zero attached hydrogens (tertiary/aromatic N) is 1. The molecule has 0 saturated carbocycles. The molecule has 2 fully saturated rings. The Morgan fingerprint density at radius 3 is 2.84 bits per heavy atom. The first-order valence-corrected chi connectivity index (χ1v) is 7.17. The van der Waals surface area contributed by atoms with E-state index in [1.54, 1.807) is 0 Å². The smallest absolute Gasteiger partial charge is 0.254 e. The van der Waals surface area contributed by atoms with Gasteiger partial charge in [0.1, 0.15) is 0 Å². The van der Waals surface area contributed by atoms with Crippen LogP contribution in [0.15, 0.2) is 18.2 Å². The van der Waals surface area contributed by atoms with Crippen molar-refractivity contribution in [3.63, 3.8) is 0 Å². The van der Waals surface area contributed by atoms with Crippen LogP contribution >= 0.6 is 0 Å². The second kappa shape index (κ2) is 4.64. The Labute approximate surface area is 115 Å². The van der Waals surface area contributed by atoms with Gasteiger partial charge in [-0.25, -0.2) is 0 Å². The molecule has 0 aliphatic carbocycles. The molecule has 102 valence electrons. The van der Waals surface area contributed by atoms with Crippen molar-refractivity contribution in [2.75, 3.05) is 26.2 Å². The maximum atomic E-state index is 12.6. The van der Waals surface area contributed by atoms with Crippen molar-refractivity contribution in [2.24, 2.45) is 5.41 Å². The van der Waals surface area contributed by atoms with E-state index in [0.717, 1.165) is 43.7 Å². The molecule has 19 heavy (non-hydrogen) atoms. The molecule has 3 heteroatoms. The minimum Gasteiger partial charge on any atom is -0.338 e. The number of hydrogen-bond donors (Lipinski definition) is 1. The molecule has 2 aliphatic heterocycles. The van der Waals surface area contributed by atoms with Gasteiger partial charge in [0, 0.05) is 30.6 Å². The van der Waals surface area contributed by atoms with Gasteiger partial charge in [-0.3, -0.25) is 4.79 Å². The van der Waals surface area contributed by atoms with E-state index in [0.29, 0.717) is 5.41 Å². The minimum atomic E-state index is 0.210. The van der Waals surface area contributed by atoms with Crippen LogP contribution in [0.3, 0.4) is 0 Å². The summed E-state index contributed by atoms with van der Waals surface area (Å²) in [6.07, 6.45) is 2.36. The van der Waals surface area contributed by atoms with Gasteiger partial charge in [0.05, 0.1) is 0 Å². The Kier molecular flexibility index (Phi) is 3.09. The van der Waals surface area contributed by atoms with Crippen LogP contribution in [0.25, 0.3) is 0 Å². The molecule has 2 aliphatic rings. The number of hydrogen-bond acceptors (Lipinski definition) is 2. The van der Waals surface area contributed by atoms with E-state index in [1.807, 2.05) is 24.0 Å². The zero-order valence-electron chi connectivity index (χ0n) is 11.8. The molecule has 0 radical (unpaired) electrons. The first-order valence-electron chi connectivity index (χ1n) is 7.17. The molecular weight excluding hydrogens is 236 g/mol. The van der Waals surface area contributed by atoms with Gasteiger partial charge < -0.3 is 10.2 Å². The number of carbonyl (C=O) groups excluding carboxylic acids is 1. The summed E-state index contributed by atoms with van der Waals surface area (Å²) in [5.41, 5.74) is 3.53. The van der Waals surface area contributed by atoms with Crippen LogP contribution in [0.5, 0.6) is 0 Å². The predicted molar refractivity (Wildman–Crippen MR) is 76.4 cm³/mol. The minimum absolute atomic E-state index is 0.210. The quantitative estimate of drug-likeness (QED) is 0.837. The summed E-state index contributed by atoms with van der Waals surface area (Å²) in [4.78, 5) is 14.7. The molecule has 2 heterocycles. The molecule has 1 atom stereocenters. The monoisotopic (exact) mass is 258 g/mol. The highest BCUT2D eigenvalue weighted by Crippen LogP contribution is 2.36. The first kappa shape index (κ1) is 12.7. The largest absolute Gasteiger partial charge is 0.338 e. The lowest BCUT2D eigenvalue weighted by Crippen LogP contribution is -2.33. The van der Waals surface area contributed by atoms with Gasteiger partial charge in [0.25, 0.3) is 5.91 Å². The summed E-state index contributed by atoms with van der Waals surface area (Å²) in [5.74, 6) is 0.210. The molecule has 1 amide bonds. The highest BCUT2D eigenvalue weighted by molar-refractivity contribution is 5.96. The van der Waals surface area contributed by atoms with Crippen molar-refractivity contribution in [1.82, 2.24) is 10.2 Å². The van der Waals surface area contributed by atoms with Crippen molar-refractivity contribution < 1.29 is 4.79 Å². The van der Waals surface area contributed by atoms with Crippen molar-refractivity contribution in [3.05, 3.63) is 34.9 Å². The average Bonchev–Trinajstić information content (AvgIpc) is 3.00. The summed E-state index contributed by atoms with van der Waals surface area (Å²) in [7, 11) is 0. The zero-order valence-corrected chi connectivity index (χ0v) is 11.8. The number of rotatable bonds is 1. The van der Waals surface area contributed by atoms with Crippen LogP contribution in [0.2, 0.25) is 0 Å². The number of nitrogens with one attached hydrogen (secondary N) is 1. The number of amides is 1. The Bertz CT molecular complexity index is 503. The van der Waals surface area contributed by atoms with Gasteiger partial charge >= 0.3 is 0 Å². The maximum absolute atomic E-state index is 12.6. The third kappa shape index (κ3) is 2.27. The molecule has 0 aromatic heterocycles. The Hall–Kier alpha value is -1.35. The second-order valence-corrected chi connectivity index (χ2v) is 6.22. The van der Waals surface area contributed by atoms with Crippen LogP contribution < -0.4 is 5.32 Å². The molecule has 2 saturated heterocycles. The standard InChI is InChI=1S/C16H22N2O/c1-12-3-4-14(13(2)9-12)15(19)18-8-6-16(11-18)5-7-17-10-16/h3-4,9,17H,5-8,10-11H2,1-2H3. The summed E-state index contributed by atoms with van der Waals surface area (Å²) < 4.78 is 0. The fourth-order valence-corrected chi connectivity index (χ4v) is 3.48. The highest BCUT2D eigenvalue weighted by Gasteiger charge is 2.42. The van der Waals surface area contributed by atoms with Crippen LogP contribution in [0.4, 0.5) is 0 Å². The van der Waals surface area contributed by atoms with Gasteiger partial charge in [-0.1, -0.05) is 17.7 Å². The fourth-order valence-electron chi connectivity index (χ4n) is 3.48. The van der Waals surface area contributed by atoms with Crippen LogP contribution in [-0.2, 0) is 0 Å². The fraction of sp³-hybridized carbons (Fsp3) is 0.562. The van der Waals surface area contributed by atoms with E-state index in [4.69, 9.17) is 0 Å². The van der Waals surface area contributed by atoms with Gasteiger partial charge in [-0.15, -0.1) is 0 Å². The maximum Gasteiger partial charge on any atom is 0.254 e. The average molecular weight is 258 g/mol. The van der Waals surface area contributed by atoms with Crippen LogP contribution in [0.1, 0.15) is 34.3 Å². The highest BCUT2D eigenvalue weighted by atomic mass is 16.2. The van der Waals surface area contributed by atoms with Gasteiger partial charge in [-0.2, -0.15) is 0 Å². The molecule has 1 spiro atoms. The van der Waals surface area contributed by atoms with Gasteiger partial charge in [0.2, 0.25) is 0 Å².